The van der Waals surface area contributed by atoms with E-state index in [4.69, 9.17) is 5.73 Å². The second-order valence-corrected chi connectivity index (χ2v) is 6.21. The standard InChI is InChI=1S/C20H27N3O/c1-4-18(21)20(24)23(19-15(2)8-5-9-16(19)3)13-7-11-17-10-6-12-22-14-17/h5-6,8-10,12,14,18H,4,7,11,13,21H2,1-3H3. The van der Waals surface area contributed by atoms with Gasteiger partial charge >= 0.3 is 0 Å². The summed E-state index contributed by atoms with van der Waals surface area (Å²) in [5.41, 5.74) is 10.4. The van der Waals surface area contributed by atoms with Gasteiger partial charge in [0.15, 0.2) is 0 Å². The molecule has 1 amide bonds. The number of aryl methyl sites for hydroxylation is 3. The SMILES string of the molecule is CCC(N)C(=O)N(CCCc1cccnc1)c1c(C)cccc1C. The predicted octanol–water partition coefficient (Wildman–Crippen LogP) is 3.40. The lowest BCUT2D eigenvalue weighted by molar-refractivity contribution is -0.119. The Morgan fingerprint density at radius 1 is 1.21 bits per heavy atom. The number of amides is 1. The summed E-state index contributed by atoms with van der Waals surface area (Å²) in [6, 6.07) is 9.66. The van der Waals surface area contributed by atoms with Crippen LogP contribution in [0, 0.1) is 13.8 Å². The molecule has 2 N–H and O–H groups in total. The number of anilines is 1. The van der Waals surface area contributed by atoms with E-state index in [1.54, 1.807) is 6.20 Å². The van der Waals surface area contributed by atoms with Crippen molar-refractivity contribution in [3.8, 4) is 0 Å². The Morgan fingerprint density at radius 2 is 1.92 bits per heavy atom. The predicted molar refractivity (Wildman–Crippen MR) is 99.1 cm³/mol. The third-order valence-corrected chi connectivity index (χ3v) is 4.30. The Balaban J connectivity index is 2.19. The minimum Gasteiger partial charge on any atom is -0.320 e. The number of nitrogens with two attached hydrogens (primary N) is 1. The quantitative estimate of drug-likeness (QED) is 0.849. The Labute approximate surface area is 144 Å². The van der Waals surface area contributed by atoms with Crippen molar-refractivity contribution >= 4 is 11.6 Å². The van der Waals surface area contributed by atoms with E-state index >= 15 is 0 Å². The van der Waals surface area contributed by atoms with Gasteiger partial charge < -0.3 is 10.6 Å². The van der Waals surface area contributed by atoms with Crippen LogP contribution in [0.1, 0.15) is 36.5 Å². The first-order chi connectivity index (χ1) is 11.5. The first-order valence-corrected chi connectivity index (χ1v) is 8.56. The van der Waals surface area contributed by atoms with Crippen molar-refractivity contribution in [1.29, 1.82) is 0 Å². The van der Waals surface area contributed by atoms with Crippen LogP contribution in [-0.2, 0) is 11.2 Å². The summed E-state index contributed by atoms with van der Waals surface area (Å²) in [7, 11) is 0. The largest absolute Gasteiger partial charge is 0.320 e. The smallest absolute Gasteiger partial charge is 0.243 e. The number of hydrogen-bond donors (Lipinski definition) is 1. The van der Waals surface area contributed by atoms with E-state index < -0.39 is 6.04 Å². The molecule has 0 saturated heterocycles. The van der Waals surface area contributed by atoms with Crippen LogP contribution < -0.4 is 10.6 Å². The number of carbonyl (C=O) groups excluding carboxylic acids is 1. The molecule has 0 aliphatic rings. The van der Waals surface area contributed by atoms with Crippen LogP contribution in [0.15, 0.2) is 42.7 Å². The average Bonchev–Trinajstić information content (AvgIpc) is 2.59. The molecule has 1 heterocycles. The summed E-state index contributed by atoms with van der Waals surface area (Å²) in [6.07, 6.45) is 6.06. The molecule has 24 heavy (non-hydrogen) atoms. The minimum atomic E-state index is -0.456. The van der Waals surface area contributed by atoms with Crippen LogP contribution in [0.2, 0.25) is 0 Å². The molecule has 1 aromatic heterocycles. The molecule has 0 fully saturated rings. The van der Waals surface area contributed by atoms with Gasteiger partial charge in [0.2, 0.25) is 5.91 Å². The molecule has 2 rings (SSSR count). The fourth-order valence-electron chi connectivity index (χ4n) is 2.93. The summed E-state index contributed by atoms with van der Waals surface area (Å²) in [5.74, 6) is 0.00101. The average molecular weight is 325 g/mol. The number of para-hydroxylation sites is 1. The molecule has 0 saturated carbocycles. The number of carbonyl (C=O) groups is 1. The fourth-order valence-corrected chi connectivity index (χ4v) is 2.93. The van der Waals surface area contributed by atoms with Gasteiger partial charge in [-0.3, -0.25) is 9.78 Å². The zero-order valence-corrected chi connectivity index (χ0v) is 14.8. The highest BCUT2D eigenvalue weighted by Crippen LogP contribution is 2.26. The summed E-state index contributed by atoms with van der Waals surface area (Å²) < 4.78 is 0. The molecule has 4 nitrogen and oxygen atoms in total. The van der Waals surface area contributed by atoms with Gasteiger partial charge in [0.25, 0.3) is 0 Å². The van der Waals surface area contributed by atoms with Crippen LogP contribution in [0.25, 0.3) is 0 Å². The molecule has 0 radical (unpaired) electrons. The topological polar surface area (TPSA) is 59.2 Å². The summed E-state index contributed by atoms with van der Waals surface area (Å²) in [5, 5.41) is 0. The maximum atomic E-state index is 12.8. The van der Waals surface area contributed by atoms with Gasteiger partial charge in [-0.1, -0.05) is 31.2 Å². The van der Waals surface area contributed by atoms with Crippen LogP contribution in [0.4, 0.5) is 5.69 Å². The summed E-state index contributed by atoms with van der Waals surface area (Å²) in [4.78, 5) is 18.8. The van der Waals surface area contributed by atoms with Crippen LogP contribution in [0.5, 0.6) is 0 Å². The number of rotatable bonds is 7. The highest BCUT2D eigenvalue weighted by molar-refractivity contribution is 5.98. The monoisotopic (exact) mass is 325 g/mol. The normalized spacial score (nSPS) is 12.0. The number of nitrogens with zero attached hydrogens (tertiary/aromatic N) is 2. The van der Waals surface area contributed by atoms with Crippen molar-refractivity contribution in [2.75, 3.05) is 11.4 Å². The Hall–Kier alpha value is -2.20. The first-order valence-electron chi connectivity index (χ1n) is 8.56. The van der Waals surface area contributed by atoms with Crippen molar-refractivity contribution < 1.29 is 4.79 Å². The minimum absolute atomic E-state index is 0.00101. The highest BCUT2D eigenvalue weighted by Gasteiger charge is 2.23. The van der Waals surface area contributed by atoms with Crippen molar-refractivity contribution in [2.45, 2.75) is 46.1 Å². The van der Waals surface area contributed by atoms with E-state index in [-0.39, 0.29) is 5.91 Å². The van der Waals surface area contributed by atoms with Crippen molar-refractivity contribution in [2.24, 2.45) is 5.73 Å². The lowest BCUT2D eigenvalue weighted by Crippen LogP contribution is -2.44. The van der Waals surface area contributed by atoms with Crippen LogP contribution >= 0.6 is 0 Å². The molecule has 0 bridgehead atoms. The molecule has 0 aliphatic carbocycles. The van der Waals surface area contributed by atoms with Gasteiger partial charge in [-0.05, 0) is 55.9 Å². The maximum Gasteiger partial charge on any atom is 0.243 e. The van der Waals surface area contributed by atoms with Crippen molar-refractivity contribution in [3.63, 3.8) is 0 Å². The van der Waals surface area contributed by atoms with E-state index in [0.717, 1.165) is 29.7 Å². The zero-order valence-electron chi connectivity index (χ0n) is 14.8. The number of aromatic nitrogens is 1. The molecule has 4 heteroatoms. The number of pyridine rings is 1. The summed E-state index contributed by atoms with van der Waals surface area (Å²) in [6.45, 7) is 6.69. The van der Waals surface area contributed by atoms with Gasteiger partial charge in [0.1, 0.15) is 0 Å². The lowest BCUT2D eigenvalue weighted by Gasteiger charge is -2.28. The third-order valence-electron chi connectivity index (χ3n) is 4.30. The Bertz CT molecular complexity index is 650. The van der Waals surface area contributed by atoms with Gasteiger partial charge in [0.05, 0.1) is 6.04 Å². The maximum absolute atomic E-state index is 12.8. The van der Waals surface area contributed by atoms with Crippen molar-refractivity contribution in [3.05, 3.63) is 59.4 Å². The van der Waals surface area contributed by atoms with Crippen molar-refractivity contribution in [1.82, 2.24) is 4.98 Å². The van der Waals surface area contributed by atoms with E-state index in [9.17, 15) is 4.79 Å². The molecule has 128 valence electrons. The van der Waals surface area contributed by atoms with Gasteiger partial charge in [-0.2, -0.15) is 0 Å². The zero-order chi connectivity index (χ0) is 17.5. The second-order valence-electron chi connectivity index (χ2n) is 6.21. The summed E-state index contributed by atoms with van der Waals surface area (Å²) >= 11 is 0. The Kier molecular flexibility index (Phi) is 6.50. The lowest BCUT2D eigenvalue weighted by atomic mass is 10.0. The first kappa shape index (κ1) is 18.1. The number of hydrogen-bond acceptors (Lipinski definition) is 3. The van der Waals surface area contributed by atoms with Gasteiger partial charge in [-0.15, -0.1) is 0 Å². The molecular weight excluding hydrogens is 298 g/mol. The van der Waals surface area contributed by atoms with Gasteiger partial charge in [0, 0.05) is 24.6 Å². The highest BCUT2D eigenvalue weighted by atomic mass is 16.2. The van der Waals surface area contributed by atoms with Crippen LogP contribution in [0.3, 0.4) is 0 Å². The molecule has 2 aromatic rings. The fraction of sp³-hybridized carbons (Fsp3) is 0.400. The second kappa shape index (κ2) is 8.60. The molecule has 1 aromatic carbocycles. The molecule has 0 spiro atoms. The van der Waals surface area contributed by atoms with Gasteiger partial charge in [-0.25, -0.2) is 0 Å². The molecule has 1 unspecified atom stereocenters. The van der Waals surface area contributed by atoms with E-state index in [1.165, 1.54) is 5.56 Å². The van der Waals surface area contributed by atoms with Crippen LogP contribution in [-0.4, -0.2) is 23.5 Å². The molecule has 0 aliphatic heterocycles. The molecular formula is C20H27N3O. The van der Waals surface area contributed by atoms with E-state index in [0.29, 0.717) is 13.0 Å². The third kappa shape index (κ3) is 4.42. The Morgan fingerprint density at radius 3 is 2.50 bits per heavy atom. The van der Waals surface area contributed by atoms with E-state index in [2.05, 4.69) is 11.1 Å². The number of benzene rings is 1. The van der Waals surface area contributed by atoms with E-state index in [1.807, 2.05) is 56.1 Å². The molecule has 1 atom stereocenters.